The molecule has 64 heavy (non-hydrogen) atoms. The van der Waals surface area contributed by atoms with E-state index in [0.29, 0.717) is 0 Å². The molecule has 0 N–H and O–H groups in total. The minimum Gasteiger partial charge on any atom is -0.454 e. The van der Waals surface area contributed by atoms with Crippen molar-refractivity contribution in [3.8, 4) is 44.5 Å². The van der Waals surface area contributed by atoms with Crippen LogP contribution in [0.1, 0.15) is 47.2 Å². The van der Waals surface area contributed by atoms with Crippen molar-refractivity contribution in [1.82, 2.24) is 0 Å². The minimum atomic E-state index is -0.479. The maximum Gasteiger partial charge on any atom is 0.160 e. The maximum absolute atomic E-state index is 7.25. The molecule has 0 amide bonds. The Morgan fingerprint density at radius 2 is 0.875 bits per heavy atom. The van der Waals surface area contributed by atoms with Crippen LogP contribution >= 0.6 is 0 Å². The molecule has 2 nitrogen and oxygen atoms in total. The number of fused-ring (bicyclic) bond motifs is 18. The van der Waals surface area contributed by atoms with Crippen molar-refractivity contribution in [2.45, 2.75) is 24.7 Å². The first-order valence-corrected chi connectivity index (χ1v) is 22.4. The van der Waals surface area contributed by atoms with Crippen LogP contribution in [0.3, 0.4) is 0 Å². The van der Waals surface area contributed by atoms with E-state index >= 15 is 0 Å². The molecular weight excluding hydrogens is 775 g/mol. The summed E-state index contributed by atoms with van der Waals surface area (Å²) in [5.74, 6) is 0. The molecule has 14 rings (SSSR count). The molecule has 0 unspecified atom stereocenters. The molecule has 3 aliphatic rings. The Hall–Kier alpha value is -7.94. The molecule has 0 atom stereocenters. The van der Waals surface area contributed by atoms with Crippen LogP contribution in [-0.4, -0.2) is 0 Å². The van der Waals surface area contributed by atoms with Crippen molar-refractivity contribution in [3.63, 3.8) is 0 Å². The van der Waals surface area contributed by atoms with E-state index in [2.05, 4.69) is 231 Å². The molecule has 1 aromatic heterocycles. The summed E-state index contributed by atoms with van der Waals surface area (Å²) in [5.41, 5.74) is 22.4. The number of benzene rings is 10. The third-order valence-corrected chi connectivity index (χ3v) is 14.9. The van der Waals surface area contributed by atoms with Crippen LogP contribution in [0.5, 0.6) is 0 Å². The smallest absolute Gasteiger partial charge is 0.160 e. The van der Waals surface area contributed by atoms with Gasteiger partial charge in [-0.25, -0.2) is 0 Å². The molecule has 1 spiro atoms. The number of hydrogen-bond donors (Lipinski definition) is 0. The summed E-state index contributed by atoms with van der Waals surface area (Å²) in [7, 11) is 0. The Balaban J connectivity index is 1.09. The van der Waals surface area contributed by atoms with Gasteiger partial charge >= 0.3 is 0 Å². The molecule has 10 aromatic carbocycles. The number of furan rings is 1. The molecule has 0 saturated heterocycles. The van der Waals surface area contributed by atoms with Crippen LogP contribution in [0.2, 0.25) is 0 Å². The molecule has 0 aliphatic heterocycles. The van der Waals surface area contributed by atoms with Gasteiger partial charge in [0, 0.05) is 27.6 Å². The molecular formula is C62H41NO. The first-order chi connectivity index (χ1) is 31.5. The average molecular weight is 816 g/mol. The number of nitrogens with zero attached hydrogens (tertiary/aromatic N) is 1. The molecule has 11 aromatic rings. The number of anilines is 3. The van der Waals surface area contributed by atoms with E-state index in [1.807, 2.05) is 0 Å². The monoisotopic (exact) mass is 815 g/mol. The molecule has 3 aliphatic carbocycles. The normalized spacial score (nSPS) is 14.3. The lowest BCUT2D eigenvalue weighted by Crippen LogP contribution is -2.26. The van der Waals surface area contributed by atoms with Crippen LogP contribution in [-0.2, 0) is 10.8 Å². The zero-order valence-corrected chi connectivity index (χ0v) is 35.6. The Morgan fingerprint density at radius 1 is 0.375 bits per heavy atom. The SMILES string of the molecule is CC1(C)c2ccccc2-c2ccc(N(c3ccc4c(c3)C3(c5ccccc5-c5ccccc53)c3ccccc3-4)c3ccc(-c4ccccc4)c4c3oc3ccc5ccccc5c34)cc21. The molecule has 1 heterocycles. The van der Waals surface area contributed by atoms with E-state index in [1.54, 1.807) is 0 Å². The summed E-state index contributed by atoms with van der Waals surface area (Å²) in [6, 6.07) is 78.9. The van der Waals surface area contributed by atoms with E-state index in [4.69, 9.17) is 4.42 Å². The largest absolute Gasteiger partial charge is 0.454 e. The summed E-state index contributed by atoms with van der Waals surface area (Å²) in [6.07, 6.45) is 0. The van der Waals surface area contributed by atoms with Crippen molar-refractivity contribution in [1.29, 1.82) is 0 Å². The van der Waals surface area contributed by atoms with Gasteiger partial charge in [0.15, 0.2) is 5.58 Å². The third-order valence-electron chi connectivity index (χ3n) is 14.9. The third kappa shape index (κ3) is 4.54. The first-order valence-electron chi connectivity index (χ1n) is 22.4. The molecule has 0 bridgehead atoms. The fraction of sp³-hybridized carbons (Fsp3) is 0.0645. The van der Waals surface area contributed by atoms with Crippen LogP contribution in [0.4, 0.5) is 17.1 Å². The maximum atomic E-state index is 7.25. The second-order valence-electron chi connectivity index (χ2n) is 18.3. The van der Waals surface area contributed by atoms with Crippen molar-refractivity contribution in [2.75, 3.05) is 4.90 Å². The zero-order valence-electron chi connectivity index (χ0n) is 35.6. The molecule has 0 radical (unpaired) electrons. The van der Waals surface area contributed by atoms with Crippen LogP contribution in [0.15, 0.2) is 217 Å². The molecule has 0 fully saturated rings. The predicted octanol–water partition coefficient (Wildman–Crippen LogP) is 16.5. The van der Waals surface area contributed by atoms with Crippen LogP contribution in [0, 0.1) is 0 Å². The van der Waals surface area contributed by atoms with Gasteiger partial charge in [-0.2, -0.15) is 0 Å². The molecule has 300 valence electrons. The highest BCUT2D eigenvalue weighted by atomic mass is 16.3. The van der Waals surface area contributed by atoms with Gasteiger partial charge in [-0.15, -0.1) is 0 Å². The standard InChI is InChI=1S/C62H41NO/c1-61(2)50-24-12-8-20-44(50)48-31-29-40(36-54(48)61)63(56-34-33-43(38-16-4-3-5-17-38)59-58-42-19-7-6-18-39(42)28-35-57(58)64-60(56)59)41-30-32-49-47-23-11-15-27-53(47)62(55(49)37-41)51-25-13-9-21-45(51)46-22-10-14-26-52(46)62/h3-37H,1-2H3. The fourth-order valence-electron chi connectivity index (χ4n) is 12.1. The topological polar surface area (TPSA) is 16.4 Å². The predicted molar refractivity (Wildman–Crippen MR) is 265 cm³/mol. The highest BCUT2D eigenvalue weighted by molar-refractivity contribution is 6.25. The van der Waals surface area contributed by atoms with Crippen molar-refractivity contribution >= 4 is 49.8 Å². The van der Waals surface area contributed by atoms with E-state index in [-0.39, 0.29) is 5.41 Å². The lowest BCUT2D eigenvalue weighted by molar-refractivity contribution is 0.660. The van der Waals surface area contributed by atoms with Gasteiger partial charge in [-0.1, -0.05) is 190 Å². The van der Waals surface area contributed by atoms with Gasteiger partial charge in [-0.3, -0.25) is 0 Å². The van der Waals surface area contributed by atoms with Crippen molar-refractivity contribution < 1.29 is 4.42 Å². The van der Waals surface area contributed by atoms with Crippen LogP contribution in [0.25, 0.3) is 77.2 Å². The summed E-state index contributed by atoms with van der Waals surface area (Å²) < 4.78 is 7.25. The molecule has 2 heteroatoms. The van der Waals surface area contributed by atoms with Gasteiger partial charge in [0.05, 0.1) is 11.1 Å². The Kier molecular flexibility index (Phi) is 7.13. The second-order valence-corrected chi connectivity index (χ2v) is 18.3. The van der Waals surface area contributed by atoms with Gasteiger partial charge in [0.25, 0.3) is 0 Å². The van der Waals surface area contributed by atoms with Crippen LogP contribution < -0.4 is 4.90 Å². The van der Waals surface area contributed by atoms with E-state index in [1.165, 1.54) is 77.5 Å². The first kappa shape index (κ1) is 35.6. The fourth-order valence-corrected chi connectivity index (χ4v) is 12.1. The molecule has 0 saturated carbocycles. The van der Waals surface area contributed by atoms with Crippen molar-refractivity contribution in [2.24, 2.45) is 0 Å². The van der Waals surface area contributed by atoms with E-state index in [0.717, 1.165) is 50.1 Å². The van der Waals surface area contributed by atoms with Gasteiger partial charge in [0.2, 0.25) is 0 Å². The Bertz CT molecular complexity index is 3710. The second kappa shape index (κ2) is 12.8. The summed E-state index contributed by atoms with van der Waals surface area (Å²) in [4.78, 5) is 2.48. The lowest BCUT2D eigenvalue weighted by Gasteiger charge is -2.32. The Morgan fingerprint density at radius 3 is 1.53 bits per heavy atom. The van der Waals surface area contributed by atoms with E-state index in [9.17, 15) is 0 Å². The Labute approximate surface area is 372 Å². The summed E-state index contributed by atoms with van der Waals surface area (Å²) in [6.45, 7) is 4.74. The summed E-state index contributed by atoms with van der Waals surface area (Å²) >= 11 is 0. The highest BCUT2D eigenvalue weighted by Crippen LogP contribution is 2.63. The minimum absolute atomic E-state index is 0.181. The number of rotatable bonds is 4. The van der Waals surface area contributed by atoms with Crippen molar-refractivity contribution in [3.05, 3.63) is 246 Å². The average Bonchev–Trinajstić information content (AvgIpc) is 4.05. The van der Waals surface area contributed by atoms with Gasteiger partial charge in [-0.05, 0) is 125 Å². The lowest BCUT2D eigenvalue weighted by atomic mass is 9.70. The van der Waals surface area contributed by atoms with Gasteiger partial charge in [0.1, 0.15) is 5.58 Å². The van der Waals surface area contributed by atoms with Gasteiger partial charge < -0.3 is 9.32 Å². The number of hydrogen-bond acceptors (Lipinski definition) is 2. The zero-order chi connectivity index (χ0) is 42.3. The quantitative estimate of drug-likeness (QED) is 0.176. The summed E-state index contributed by atoms with van der Waals surface area (Å²) in [5, 5.41) is 4.65. The van der Waals surface area contributed by atoms with E-state index < -0.39 is 5.41 Å². The highest BCUT2D eigenvalue weighted by Gasteiger charge is 2.51.